The molecular formula is C18H37N3O. The molecule has 2 heterocycles. The molecule has 0 bridgehead atoms. The van der Waals surface area contributed by atoms with Crippen LogP contribution < -0.4 is 0 Å². The number of nitrogens with zero attached hydrogens (tertiary/aromatic N) is 3. The normalized spacial score (nSPS) is 25.0. The second kappa shape index (κ2) is 9.21. The first kappa shape index (κ1) is 18.2. The predicted molar refractivity (Wildman–Crippen MR) is 93.2 cm³/mol. The van der Waals surface area contributed by atoms with E-state index in [0.29, 0.717) is 0 Å². The van der Waals surface area contributed by atoms with Crippen molar-refractivity contribution in [1.82, 2.24) is 14.7 Å². The third-order valence-electron chi connectivity index (χ3n) is 5.30. The quantitative estimate of drug-likeness (QED) is 0.776. The first-order valence-electron chi connectivity index (χ1n) is 9.38. The Morgan fingerprint density at radius 1 is 0.864 bits per heavy atom. The average molecular weight is 312 g/mol. The molecule has 130 valence electrons. The summed E-state index contributed by atoms with van der Waals surface area (Å²) < 4.78 is 0. The van der Waals surface area contributed by atoms with Crippen molar-refractivity contribution in [1.29, 1.82) is 0 Å². The average Bonchev–Trinajstić information content (AvgIpc) is 2.49. The first-order valence-corrected chi connectivity index (χ1v) is 9.38. The van der Waals surface area contributed by atoms with Gasteiger partial charge >= 0.3 is 0 Å². The number of piperidine rings is 1. The lowest BCUT2D eigenvalue weighted by molar-refractivity contribution is 0.0422. The van der Waals surface area contributed by atoms with Gasteiger partial charge in [0.1, 0.15) is 0 Å². The monoisotopic (exact) mass is 311 g/mol. The molecule has 2 saturated heterocycles. The Morgan fingerprint density at radius 2 is 1.36 bits per heavy atom. The highest BCUT2D eigenvalue weighted by Gasteiger charge is 2.22. The van der Waals surface area contributed by atoms with Crippen molar-refractivity contribution in [3.05, 3.63) is 0 Å². The maximum absolute atomic E-state index is 10.4. The molecule has 2 aliphatic rings. The highest BCUT2D eigenvalue weighted by atomic mass is 16.3. The molecule has 4 nitrogen and oxygen atoms in total. The smallest absolute Gasteiger partial charge is 0.0793 e. The maximum Gasteiger partial charge on any atom is 0.0793 e. The predicted octanol–water partition coefficient (Wildman–Crippen LogP) is 1.74. The highest BCUT2D eigenvalue weighted by Crippen LogP contribution is 2.16. The van der Waals surface area contributed by atoms with Gasteiger partial charge in [-0.25, -0.2) is 0 Å². The summed E-state index contributed by atoms with van der Waals surface area (Å²) in [5, 5.41) is 10.4. The minimum Gasteiger partial charge on any atom is -0.390 e. The number of likely N-dealkylation sites (tertiary alicyclic amines) is 1. The van der Waals surface area contributed by atoms with Crippen LogP contribution in [-0.4, -0.2) is 84.8 Å². The largest absolute Gasteiger partial charge is 0.390 e. The van der Waals surface area contributed by atoms with Gasteiger partial charge in [-0.05, 0) is 50.7 Å². The number of rotatable bonds is 7. The molecular weight excluding hydrogens is 274 g/mol. The van der Waals surface area contributed by atoms with Gasteiger partial charge in [-0.2, -0.15) is 0 Å². The zero-order chi connectivity index (χ0) is 15.9. The first-order chi connectivity index (χ1) is 10.5. The maximum atomic E-state index is 10.4. The molecule has 0 aliphatic carbocycles. The lowest BCUT2D eigenvalue weighted by atomic mass is 9.99. The van der Waals surface area contributed by atoms with Gasteiger partial charge in [0, 0.05) is 39.3 Å². The molecule has 0 saturated carbocycles. The van der Waals surface area contributed by atoms with Crippen LogP contribution in [0.5, 0.6) is 0 Å². The van der Waals surface area contributed by atoms with E-state index in [4.69, 9.17) is 0 Å². The minimum absolute atomic E-state index is 0.185. The van der Waals surface area contributed by atoms with E-state index in [9.17, 15) is 5.11 Å². The van der Waals surface area contributed by atoms with E-state index in [1.807, 2.05) is 0 Å². The van der Waals surface area contributed by atoms with Crippen LogP contribution in [0.15, 0.2) is 0 Å². The van der Waals surface area contributed by atoms with Gasteiger partial charge in [-0.3, -0.25) is 4.90 Å². The molecule has 0 aromatic carbocycles. The topological polar surface area (TPSA) is 30.0 Å². The summed E-state index contributed by atoms with van der Waals surface area (Å²) in [5.74, 6) is 1.67. The SMILES string of the molecule is CC(C)CCN1CCN(CC(O)CN2CCC(C)CC2)CC1. The van der Waals surface area contributed by atoms with Gasteiger partial charge in [0.25, 0.3) is 0 Å². The molecule has 1 unspecified atom stereocenters. The third-order valence-corrected chi connectivity index (χ3v) is 5.30. The molecule has 2 fully saturated rings. The molecule has 2 aliphatic heterocycles. The lowest BCUT2D eigenvalue weighted by Gasteiger charge is -2.37. The van der Waals surface area contributed by atoms with E-state index < -0.39 is 0 Å². The fraction of sp³-hybridized carbons (Fsp3) is 1.00. The number of aliphatic hydroxyl groups is 1. The van der Waals surface area contributed by atoms with Crippen LogP contribution in [0.25, 0.3) is 0 Å². The minimum atomic E-state index is -0.185. The molecule has 0 aromatic rings. The van der Waals surface area contributed by atoms with Crippen LogP contribution in [0, 0.1) is 11.8 Å². The zero-order valence-electron chi connectivity index (χ0n) is 15.0. The Balaban J connectivity index is 1.59. The van der Waals surface area contributed by atoms with E-state index in [2.05, 4.69) is 35.5 Å². The zero-order valence-corrected chi connectivity index (χ0v) is 15.0. The molecule has 0 amide bonds. The van der Waals surface area contributed by atoms with Crippen LogP contribution in [0.4, 0.5) is 0 Å². The molecule has 0 aromatic heterocycles. The molecule has 1 atom stereocenters. The summed E-state index contributed by atoms with van der Waals surface area (Å²) in [6, 6.07) is 0. The summed E-state index contributed by atoms with van der Waals surface area (Å²) in [4.78, 5) is 7.47. The Morgan fingerprint density at radius 3 is 1.91 bits per heavy atom. The van der Waals surface area contributed by atoms with E-state index in [0.717, 1.165) is 38.0 Å². The van der Waals surface area contributed by atoms with Crippen molar-refractivity contribution in [3.8, 4) is 0 Å². The third kappa shape index (κ3) is 6.53. The number of hydrogen-bond donors (Lipinski definition) is 1. The molecule has 4 heteroatoms. The Kier molecular flexibility index (Phi) is 7.61. The van der Waals surface area contributed by atoms with Crippen molar-refractivity contribution >= 4 is 0 Å². The van der Waals surface area contributed by atoms with Crippen LogP contribution in [0.1, 0.15) is 40.0 Å². The van der Waals surface area contributed by atoms with Crippen molar-refractivity contribution in [2.24, 2.45) is 11.8 Å². The fourth-order valence-electron chi connectivity index (χ4n) is 3.53. The van der Waals surface area contributed by atoms with E-state index in [1.165, 1.54) is 52.0 Å². The summed E-state index contributed by atoms with van der Waals surface area (Å²) >= 11 is 0. The van der Waals surface area contributed by atoms with E-state index >= 15 is 0 Å². The molecule has 0 radical (unpaired) electrons. The number of piperazine rings is 1. The van der Waals surface area contributed by atoms with Crippen molar-refractivity contribution in [3.63, 3.8) is 0 Å². The van der Waals surface area contributed by atoms with Crippen LogP contribution in [0.3, 0.4) is 0 Å². The van der Waals surface area contributed by atoms with E-state index in [1.54, 1.807) is 0 Å². The second-order valence-electron chi connectivity index (χ2n) is 7.96. The summed E-state index contributed by atoms with van der Waals surface area (Å²) in [6.45, 7) is 16.8. The van der Waals surface area contributed by atoms with Gasteiger partial charge in [-0.15, -0.1) is 0 Å². The van der Waals surface area contributed by atoms with Crippen molar-refractivity contribution in [2.75, 3.05) is 58.9 Å². The van der Waals surface area contributed by atoms with Crippen LogP contribution in [0.2, 0.25) is 0 Å². The van der Waals surface area contributed by atoms with Gasteiger partial charge in [0.2, 0.25) is 0 Å². The van der Waals surface area contributed by atoms with Gasteiger partial charge in [0.15, 0.2) is 0 Å². The molecule has 22 heavy (non-hydrogen) atoms. The van der Waals surface area contributed by atoms with Gasteiger partial charge < -0.3 is 14.9 Å². The summed E-state index contributed by atoms with van der Waals surface area (Å²) in [7, 11) is 0. The van der Waals surface area contributed by atoms with Crippen LogP contribution >= 0.6 is 0 Å². The summed E-state index contributed by atoms with van der Waals surface area (Å²) in [6.07, 6.45) is 3.70. The van der Waals surface area contributed by atoms with Gasteiger partial charge in [-0.1, -0.05) is 20.8 Å². The summed E-state index contributed by atoms with van der Waals surface area (Å²) in [5.41, 5.74) is 0. The lowest BCUT2D eigenvalue weighted by Crippen LogP contribution is -2.50. The Bertz CT molecular complexity index is 295. The number of hydrogen-bond acceptors (Lipinski definition) is 4. The van der Waals surface area contributed by atoms with Gasteiger partial charge in [0.05, 0.1) is 6.10 Å². The molecule has 0 spiro atoms. The highest BCUT2D eigenvalue weighted by molar-refractivity contribution is 4.77. The molecule has 2 rings (SSSR count). The van der Waals surface area contributed by atoms with E-state index in [-0.39, 0.29) is 6.10 Å². The Hall–Kier alpha value is -0.160. The Labute approximate surface area is 137 Å². The standard InChI is InChI=1S/C18H37N3O/c1-16(2)4-7-19-10-12-21(13-11-19)15-18(22)14-20-8-5-17(3)6-9-20/h16-18,22H,4-15H2,1-3H3. The second-order valence-corrected chi connectivity index (χ2v) is 7.96. The number of aliphatic hydroxyl groups excluding tert-OH is 1. The fourth-order valence-corrected chi connectivity index (χ4v) is 3.53. The van der Waals surface area contributed by atoms with Crippen molar-refractivity contribution in [2.45, 2.75) is 46.1 Å². The number of β-amino-alcohol motifs (C(OH)–C–C–N with tert-alkyl or cyclic N) is 1. The van der Waals surface area contributed by atoms with Crippen LogP contribution in [-0.2, 0) is 0 Å². The van der Waals surface area contributed by atoms with Crippen molar-refractivity contribution < 1.29 is 5.11 Å². The molecule has 1 N–H and O–H groups in total.